The van der Waals surface area contributed by atoms with Crippen LogP contribution in [-0.2, 0) is 6.54 Å². The fraction of sp³-hybridized carbons (Fsp3) is 0.0714. The third-order valence-corrected chi connectivity index (χ3v) is 3.33. The maximum absolute atomic E-state index is 12.2. The minimum absolute atomic E-state index is 0.205. The Morgan fingerprint density at radius 1 is 1.11 bits per heavy atom. The molecular formula is C14H9ClN2O2. The summed E-state index contributed by atoms with van der Waals surface area (Å²) in [6.07, 6.45) is 3.27. The van der Waals surface area contributed by atoms with Crippen molar-refractivity contribution in [2.24, 2.45) is 0 Å². The van der Waals surface area contributed by atoms with Gasteiger partial charge in [0, 0.05) is 12.4 Å². The first-order chi connectivity index (χ1) is 9.18. The molecule has 0 saturated heterocycles. The van der Waals surface area contributed by atoms with Crippen molar-refractivity contribution in [1.29, 1.82) is 0 Å². The van der Waals surface area contributed by atoms with Gasteiger partial charge >= 0.3 is 0 Å². The van der Waals surface area contributed by atoms with Crippen LogP contribution < -0.4 is 0 Å². The van der Waals surface area contributed by atoms with Gasteiger partial charge in [-0.05, 0) is 23.8 Å². The van der Waals surface area contributed by atoms with E-state index < -0.39 is 0 Å². The van der Waals surface area contributed by atoms with E-state index in [4.69, 9.17) is 11.6 Å². The minimum Gasteiger partial charge on any atom is -0.270 e. The lowest BCUT2D eigenvalue weighted by Gasteiger charge is -2.13. The van der Waals surface area contributed by atoms with Gasteiger partial charge in [-0.3, -0.25) is 19.5 Å². The lowest BCUT2D eigenvalue weighted by molar-refractivity contribution is 0.0642. The average molecular weight is 273 g/mol. The van der Waals surface area contributed by atoms with E-state index in [1.165, 1.54) is 4.90 Å². The number of hydrogen-bond acceptors (Lipinski definition) is 3. The molecule has 0 atom stereocenters. The van der Waals surface area contributed by atoms with Crippen LogP contribution >= 0.6 is 11.6 Å². The highest BCUT2D eigenvalue weighted by atomic mass is 35.5. The van der Waals surface area contributed by atoms with Crippen LogP contribution in [0.25, 0.3) is 0 Å². The van der Waals surface area contributed by atoms with Crippen molar-refractivity contribution in [2.75, 3.05) is 0 Å². The van der Waals surface area contributed by atoms with Crippen molar-refractivity contribution in [3.05, 3.63) is 64.4 Å². The van der Waals surface area contributed by atoms with E-state index in [0.29, 0.717) is 10.6 Å². The molecule has 3 rings (SSSR count). The zero-order valence-electron chi connectivity index (χ0n) is 9.84. The lowest BCUT2D eigenvalue weighted by Crippen LogP contribution is -2.29. The van der Waals surface area contributed by atoms with Gasteiger partial charge in [0.25, 0.3) is 11.8 Å². The van der Waals surface area contributed by atoms with Crippen molar-refractivity contribution < 1.29 is 9.59 Å². The third-order valence-electron chi connectivity index (χ3n) is 3.01. The number of carbonyl (C=O) groups is 2. The van der Waals surface area contributed by atoms with Crippen molar-refractivity contribution >= 4 is 23.4 Å². The number of fused-ring (bicyclic) bond motifs is 1. The summed E-state index contributed by atoms with van der Waals surface area (Å²) in [6.45, 7) is 0.205. The third kappa shape index (κ3) is 1.90. The van der Waals surface area contributed by atoms with E-state index in [1.807, 2.05) is 6.07 Å². The molecule has 0 bridgehead atoms. The second-order valence-corrected chi connectivity index (χ2v) is 4.63. The lowest BCUT2D eigenvalue weighted by atomic mass is 10.1. The van der Waals surface area contributed by atoms with Gasteiger partial charge in [-0.1, -0.05) is 23.7 Å². The van der Waals surface area contributed by atoms with Gasteiger partial charge in [0.2, 0.25) is 0 Å². The van der Waals surface area contributed by atoms with E-state index in [1.54, 1.807) is 36.7 Å². The van der Waals surface area contributed by atoms with Gasteiger partial charge < -0.3 is 0 Å². The number of hydrogen-bond donors (Lipinski definition) is 0. The van der Waals surface area contributed by atoms with Gasteiger partial charge in [0.15, 0.2) is 0 Å². The Hall–Kier alpha value is -2.20. The van der Waals surface area contributed by atoms with Crippen LogP contribution in [-0.4, -0.2) is 21.7 Å². The minimum atomic E-state index is -0.352. The van der Waals surface area contributed by atoms with Crippen molar-refractivity contribution in [3.8, 4) is 0 Å². The molecule has 1 aromatic heterocycles. The predicted octanol–water partition coefficient (Wildman–Crippen LogP) is 2.53. The second-order valence-electron chi connectivity index (χ2n) is 4.22. The molecular weight excluding hydrogens is 264 g/mol. The van der Waals surface area contributed by atoms with Crippen LogP contribution in [0.3, 0.4) is 0 Å². The Bertz CT molecular complexity index is 670. The summed E-state index contributed by atoms with van der Waals surface area (Å²) in [5, 5.41) is 0.310. The van der Waals surface area contributed by atoms with Crippen LogP contribution in [0, 0.1) is 0 Å². The molecule has 2 amide bonds. The first kappa shape index (κ1) is 11.9. The van der Waals surface area contributed by atoms with E-state index in [-0.39, 0.29) is 23.9 Å². The molecule has 94 valence electrons. The molecule has 0 unspecified atom stereocenters. The SMILES string of the molecule is O=C1c2cccc(Cl)c2C(=O)N1Cc1cccnc1. The Labute approximate surface area is 114 Å². The maximum Gasteiger partial charge on any atom is 0.263 e. The molecule has 0 radical (unpaired) electrons. The molecule has 0 fully saturated rings. The molecule has 0 spiro atoms. The zero-order valence-corrected chi connectivity index (χ0v) is 10.6. The number of pyridine rings is 1. The van der Waals surface area contributed by atoms with E-state index >= 15 is 0 Å². The Morgan fingerprint density at radius 2 is 1.95 bits per heavy atom. The second kappa shape index (κ2) is 4.48. The molecule has 0 N–H and O–H groups in total. The molecule has 1 aliphatic rings. The summed E-state index contributed by atoms with van der Waals surface area (Å²) in [7, 11) is 0. The number of nitrogens with zero attached hydrogens (tertiary/aromatic N) is 2. The molecule has 19 heavy (non-hydrogen) atoms. The molecule has 0 saturated carbocycles. The van der Waals surface area contributed by atoms with Gasteiger partial charge in [0.05, 0.1) is 22.7 Å². The van der Waals surface area contributed by atoms with E-state index in [9.17, 15) is 9.59 Å². The van der Waals surface area contributed by atoms with E-state index in [2.05, 4.69) is 4.98 Å². The number of benzene rings is 1. The van der Waals surface area contributed by atoms with Crippen LogP contribution in [0.2, 0.25) is 5.02 Å². The summed E-state index contributed by atoms with van der Waals surface area (Å²) >= 11 is 5.99. The Morgan fingerprint density at radius 3 is 2.63 bits per heavy atom. The molecule has 1 aromatic carbocycles. The summed E-state index contributed by atoms with van der Waals surface area (Å²) in [4.78, 5) is 29.6. The predicted molar refractivity (Wildman–Crippen MR) is 69.9 cm³/mol. The van der Waals surface area contributed by atoms with Crippen molar-refractivity contribution in [3.63, 3.8) is 0 Å². The quantitative estimate of drug-likeness (QED) is 0.790. The summed E-state index contributed by atoms with van der Waals surface area (Å²) in [6, 6.07) is 8.47. The highest BCUT2D eigenvalue weighted by Crippen LogP contribution is 2.29. The number of halogens is 1. The standard InChI is InChI=1S/C14H9ClN2O2/c15-11-5-1-4-10-12(11)14(19)17(13(10)18)8-9-3-2-6-16-7-9/h1-7H,8H2. The number of imide groups is 1. The van der Waals surface area contributed by atoms with Gasteiger partial charge in [0.1, 0.15) is 0 Å². The summed E-state index contributed by atoms with van der Waals surface area (Å²) in [5.74, 6) is -0.666. The molecule has 4 nitrogen and oxygen atoms in total. The number of aromatic nitrogens is 1. The Balaban J connectivity index is 1.97. The Kier molecular flexibility index (Phi) is 2.80. The van der Waals surface area contributed by atoms with Gasteiger partial charge in [-0.25, -0.2) is 0 Å². The molecule has 0 aliphatic carbocycles. The fourth-order valence-electron chi connectivity index (χ4n) is 2.11. The highest BCUT2D eigenvalue weighted by molar-refractivity contribution is 6.37. The topological polar surface area (TPSA) is 50.3 Å². The first-order valence-corrected chi connectivity index (χ1v) is 6.10. The number of amides is 2. The average Bonchev–Trinajstić information content (AvgIpc) is 2.66. The normalized spacial score (nSPS) is 13.8. The molecule has 1 aliphatic heterocycles. The van der Waals surface area contributed by atoms with Crippen LogP contribution in [0.15, 0.2) is 42.7 Å². The monoisotopic (exact) mass is 272 g/mol. The van der Waals surface area contributed by atoms with Crippen LogP contribution in [0.4, 0.5) is 0 Å². The summed E-state index contributed by atoms with van der Waals surface area (Å²) in [5.41, 5.74) is 1.45. The first-order valence-electron chi connectivity index (χ1n) is 5.72. The zero-order chi connectivity index (χ0) is 13.4. The smallest absolute Gasteiger partial charge is 0.263 e. The van der Waals surface area contributed by atoms with Crippen molar-refractivity contribution in [1.82, 2.24) is 9.88 Å². The summed E-state index contributed by atoms with van der Waals surface area (Å²) < 4.78 is 0. The molecule has 2 aromatic rings. The highest BCUT2D eigenvalue weighted by Gasteiger charge is 2.36. The van der Waals surface area contributed by atoms with Gasteiger partial charge in [-0.15, -0.1) is 0 Å². The molecule has 5 heteroatoms. The fourth-order valence-corrected chi connectivity index (χ4v) is 2.37. The molecule has 2 heterocycles. The van der Waals surface area contributed by atoms with Crippen molar-refractivity contribution in [2.45, 2.75) is 6.54 Å². The maximum atomic E-state index is 12.2. The largest absolute Gasteiger partial charge is 0.270 e. The number of carbonyl (C=O) groups excluding carboxylic acids is 2. The van der Waals surface area contributed by atoms with Crippen LogP contribution in [0.1, 0.15) is 26.3 Å². The number of rotatable bonds is 2. The van der Waals surface area contributed by atoms with E-state index in [0.717, 1.165) is 5.56 Å². The van der Waals surface area contributed by atoms with Gasteiger partial charge in [-0.2, -0.15) is 0 Å². The van der Waals surface area contributed by atoms with Crippen LogP contribution in [0.5, 0.6) is 0 Å².